The standard InChI is InChI=1S/C20H14Cl3NO2/c21-14-10-16(22)20(17(23)11-14)24-19(25)12-26-18-9-5-4-8-15(18)13-6-2-1-3-7-13/h1-11H,12H2,(H,24,25). The Kier molecular flexibility index (Phi) is 6.04. The molecule has 1 amide bonds. The van der Waals surface area contributed by atoms with Crippen LogP contribution in [0.4, 0.5) is 5.69 Å². The molecular weight excluding hydrogens is 393 g/mol. The van der Waals surface area contributed by atoms with E-state index in [0.717, 1.165) is 11.1 Å². The number of ether oxygens (including phenoxy) is 1. The molecule has 3 rings (SSSR count). The third-order valence-corrected chi connectivity index (χ3v) is 4.42. The van der Waals surface area contributed by atoms with Crippen LogP contribution < -0.4 is 10.1 Å². The molecule has 0 saturated carbocycles. The van der Waals surface area contributed by atoms with Crippen LogP contribution in [0.15, 0.2) is 66.7 Å². The SMILES string of the molecule is O=C(COc1ccccc1-c1ccccc1)Nc1c(Cl)cc(Cl)cc1Cl. The van der Waals surface area contributed by atoms with Crippen molar-refractivity contribution in [2.24, 2.45) is 0 Å². The molecule has 26 heavy (non-hydrogen) atoms. The van der Waals surface area contributed by atoms with Gasteiger partial charge in [-0.05, 0) is 23.8 Å². The molecule has 0 fully saturated rings. The average molecular weight is 407 g/mol. The Hall–Kier alpha value is -2.20. The number of anilines is 1. The van der Waals surface area contributed by atoms with Crippen LogP contribution in [0.3, 0.4) is 0 Å². The van der Waals surface area contributed by atoms with Gasteiger partial charge in [-0.1, -0.05) is 83.3 Å². The molecule has 132 valence electrons. The van der Waals surface area contributed by atoms with Crippen molar-refractivity contribution in [3.63, 3.8) is 0 Å². The Labute approximate surface area is 166 Å². The zero-order chi connectivity index (χ0) is 18.5. The van der Waals surface area contributed by atoms with E-state index in [-0.39, 0.29) is 22.6 Å². The first-order valence-electron chi connectivity index (χ1n) is 7.76. The summed E-state index contributed by atoms with van der Waals surface area (Å²) < 4.78 is 5.70. The minimum atomic E-state index is -0.376. The van der Waals surface area contributed by atoms with Crippen molar-refractivity contribution in [3.8, 4) is 16.9 Å². The molecule has 0 unspecified atom stereocenters. The maximum absolute atomic E-state index is 12.2. The normalized spacial score (nSPS) is 10.4. The number of hydrogen-bond acceptors (Lipinski definition) is 2. The van der Waals surface area contributed by atoms with E-state index in [1.165, 1.54) is 12.1 Å². The molecule has 0 bridgehead atoms. The van der Waals surface area contributed by atoms with Gasteiger partial charge in [-0.3, -0.25) is 4.79 Å². The number of nitrogens with one attached hydrogen (secondary N) is 1. The van der Waals surface area contributed by atoms with E-state index in [9.17, 15) is 4.79 Å². The van der Waals surface area contributed by atoms with E-state index in [2.05, 4.69) is 5.32 Å². The summed E-state index contributed by atoms with van der Waals surface area (Å²) in [6, 6.07) is 20.4. The zero-order valence-electron chi connectivity index (χ0n) is 13.5. The summed E-state index contributed by atoms with van der Waals surface area (Å²) in [6.45, 7) is -0.181. The second kappa shape index (κ2) is 8.45. The van der Waals surface area contributed by atoms with E-state index in [4.69, 9.17) is 39.5 Å². The molecule has 3 aromatic rings. The van der Waals surface area contributed by atoms with Gasteiger partial charge in [0.25, 0.3) is 5.91 Å². The van der Waals surface area contributed by atoms with Crippen LogP contribution >= 0.6 is 34.8 Å². The molecular formula is C20H14Cl3NO2. The Bertz CT molecular complexity index is 906. The Morgan fingerprint density at radius 2 is 1.50 bits per heavy atom. The molecule has 6 heteroatoms. The van der Waals surface area contributed by atoms with Gasteiger partial charge in [0.1, 0.15) is 5.75 Å². The lowest BCUT2D eigenvalue weighted by molar-refractivity contribution is -0.118. The predicted octanol–water partition coefficient (Wildman–Crippen LogP) is 6.33. The van der Waals surface area contributed by atoms with Crippen LogP contribution in [0.25, 0.3) is 11.1 Å². The summed E-state index contributed by atoms with van der Waals surface area (Å²) in [5, 5.41) is 3.57. The number of amides is 1. The summed E-state index contributed by atoms with van der Waals surface area (Å²) in [5.41, 5.74) is 2.22. The molecule has 0 aliphatic rings. The number of benzene rings is 3. The highest BCUT2D eigenvalue weighted by atomic mass is 35.5. The first kappa shape index (κ1) is 18.6. The van der Waals surface area contributed by atoms with E-state index in [0.29, 0.717) is 16.5 Å². The largest absolute Gasteiger partial charge is 0.483 e. The van der Waals surface area contributed by atoms with Crippen molar-refractivity contribution in [1.82, 2.24) is 0 Å². The zero-order valence-corrected chi connectivity index (χ0v) is 15.8. The van der Waals surface area contributed by atoms with Crippen molar-refractivity contribution in [2.75, 3.05) is 11.9 Å². The van der Waals surface area contributed by atoms with Crippen LogP contribution in [0.2, 0.25) is 15.1 Å². The Balaban J connectivity index is 1.72. The van der Waals surface area contributed by atoms with Gasteiger partial charge >= 0.3 is 0 Å². The molecule has 0 spiro atoms. The summed E-state index contributed by atoms with van der Waals surface area (Å²) in [5.74, 6) is 0.237. The van der Waals surface area contributed by atoms with Gasteiger partial charge in [0.05, 0.1) is 15.7 Å². The van der Waals surface area contributed by atoms with Crippen molar-refractivity contribution in [1.29, 1.82) is 0 Å². The second-order valence-electron chi connectivity index (χ2n) is 5.44. The van der Waals surface area contributed by atoms with Gasteiger partial charge in [-0.2, -0.15) is 0 Å². The number of halogens is 3. The molecule has 1 N–H and O–H groups in total. The van der Waals surface area contributed by atoms with Crippen LogP contribution in [0, 0.1) is 0 Å². The molecule has 0 atom stereocenters. The minimum absolute atomic E-state index is 0.181. The van der Waals surface area contributed by atoms with Gasteiger partial charge in [0.15, 0.2) is 6.61 Å². The lowest BCUT2D eigenvalue weighted by Crippen LogP contribution is -2.20. The minimum Gasteiger partial charge on any atom is -0.483 e. The van der Waals surface area contributed by atoms with Crippen LogP contribution in [0.5, 0.6) is 5.75 Å². The van der Waals surface area contributed by atoms with Crippen molar-refractivity contribution in [2.45, 2.75) is 0 Å². The summed E-state index contributed by atoms with van der Waals surface area (Å²) in [7, 11) is 0. The molecule has 0 aliphatic heterocycles. The van der Waals surface area contributed by atoms with Gasteiger partial charge in [-0.15, -0.1) is 0 Å². The maximum atomic E-state index is 12.2. The van der Waals surface area contributed by atoms with E-state index < -0.39 is 0 Å². The fraction of sp³-hybridized carbons (Fsp3) is 0.0500. The molecule has 0 aliphatic carbocycles. The number of rotatable bonds is 5. The highest BCUT2D eigenvalue weighted by Gasteiger charge is 2.13. The summed E-state index contributed by atoms with van der Waals surface area (Å²) in [6.07, 6.45) is 0. The van der Waals surface area contributed by atoms with Crippen LogP contribution in [-0.2, 0) is 4.79 Å². The molecule has 3 nitrogen and oxygen atoms in total. The van der Waals surface area contributed by atoms with Gasteiger partial charge < -0.3 is 10.1 Å². The lowest BCUT2D eigenvalue weighted by Gasteiger charge is -2.13. The number of hydrogen-bond donors (Lipinski definition) is 1. The monoisotopic (exact) mass is 405 g/mol. The van der Waals surface area contributed by atoms with Crippen LogP contribution in [0.1, 0.15) is 0 Å². The van der Waals surface area contributed by atoms with Crippen molar-refractivity contribution in [3.05, 3.63) is 81.8 Å². The Morgan fingerprint density at radius 3 is 2.19 bits per heavy atom. The van der Waals surface area contributed by atoms with Crippen molar-refractivity contribution >= 4 is 46.4 Å². The first-order valence-corrected chi connectivity index (χ1v) is 8.89. The van der Waals surface area contributed by atoms with Crippen LogP contribution in [-0.4, -0.2) is 12.5 Å². The van der Waals surface area contributed by atoms with E-state index in [1.807, 2.05) is 54.6 Å². The molecule has 3 aromatic carbocycles. The van der Waals surface area contributed by atoms with Gasteiger partial charge in [-0.25, -0.2) is 0 Å². The number of carbonyl (C=O) groups is 1. The first-order chi connectivity index (χ1) is 12.5. The quantitative estimate of drug-likeness (QED) is 0.537. The number of carbonyl (C=O) groups excluding carboxylic acids is 1. The topological polar surface area (TPSA) is 38.3 Å². The van der Waals surface area contributed by atoms with E-state index in [1.54, 1.807) is 0 Å². The maximum Gasteiger partial charge on any atom is 0.262 e. The smallest absolute Gasteiger partial charge is 0.262 e. The lowest BCUT2D eigenvalue weighted by atomic mass is 10.1. The summed E-state index contributed by atoms with van der Waals surface area (Å²) >= 11 is 18.0. The van der Waals surface area contributed by atoms with Gasteiger partial charge in [0, 0.05) is 10.6 Å². The Morgan fingerprint density at radius 1 is 0.885 bits per heavy atom. The summed E-state index contributed by atoms with van der Waals surface area (Å²) in [4.78, 5) is 12.2. The number of para-hydroxylation sites is 1. The predicted molar refractivity (Wildman–Crippen MR) is 107 cm³/mol. The third-order valence-electron chi connectivity index (χ3n) is 3.60. The van der Waals surface area contributed by atoms with Gasteiger partial charge in [0.2, 0.25) is 0 Å². The second-order valence-corrected chi connectivity index (χ2v) is 6.69. The van der Waals surface area contributed by atoms with E-state index >= 15 is 0 Å². The molecule has 0 saturated heterocycles. The molecule has 0 aromatic heterocycles. The molecule has 0 radical (unpaired) electrons. The highest BCUT2D eigenvalue weighted by molar-refractivity contribution is 6.42. The molecule has 0 heterocycles. The fourth-order valence-corrected chi connectivity index (χ4v) is 3.34. The fourth-order valence-electron chi connectivity index (χ4n) is 2.43. The third kappa shape index (κ3) is 4.50. The van der Waals surface area contributed by atoms with Crippen molar-refractivity contribution < 1.29 is 9.53 Å². The average Bonchev–Trinajstić information content (AvgIpc) is 2.64. The highest BCUT2D eigenvalue weighted by Crippen LogP contribution is 2.34.